The van der Waals surface area contributed by atoms with Crippen LogP contribution >= 0.6 is 11.3 Å². The van der Waals surface area contributed by atoms with Gasteiger partial charge in [-0.2, -0.15) is 0 Å². The minimum Gasteiger partial charge on any atom is -0.319 e. The van der Waals surface area contributed by atoms with Gasteiger partial charge in [-0.3, -0.25) is 0 Å². The highest BCUT2D eigenvalue weighted by atomic mass is 32.1. The van der Waals surface area contributed by atoms with Crippen LogP contribution in [0.3, 0.4) is 0 Å². The summed E-state index contributed by atoms with van der Waals surface area (Å²) in [5.74, 6) is 0. The van der Waals surface area contributed by atoms with Gasteiger partial charge in [0.2, 0.25) is 0 Å². The molecule has 1 aromatic heterocycles. The van der Waals surface area contributed by atoms with E-state index in [1.807, 2.05) is 0 Å². The molecule has 2 saturated carbocycles. The third-order valence-corrected chi connectivity index (χ3v) is 6.63. The normalized spacial score (nSPS) is 25.2. The van der Waals surface area contributed by atoms with Crippen molar-refractivity contribution in [3.05, 3.63) is 16.1 Å². The molecule has 2 aliphatic rings. The quantitative estimate of drug-likeness (QED) is 0.812. The summed E-state index contributed by atoms with van der Waals surface area (Å²) in [6, 6.07) is 0. The van der Waals surface area contributed by atoms with Crippen molar-refractivity contribution < 1.29 is 0 Å². The molecule has 1 aromatic rings. The van der Waals surface area contributed by atoms with Gasteiger partial charge < -0.3 is 5.73 Å². The van der Waals surface area contributed by atoms with E-state index in [0.29, 0.717) is 5.41 Å². The highest BCUT2D eigenvalue weighted by molar-refractivity contribution is 7.09. The highest BCUT2D eigenvalue weighted by Gasteiger charge is 2.44. The average Bonchev–Trinajstić information content (AvgIpc) is 3.03. The molecule has 2 aliphatic carbocycles. The summed E-state index contributed by atoms with van der Waals surface area (Å²) in [5, 5.41) is 3.39. The van der Waals surface area contributed by atoms with E-state index in [1.54, 1.807) is 11.3 Å². The summed E-state index contributed by atoms with van der Waals surface area (Å²) in [5.41, 5.74) is 8.56. The molecule has 0 saturated heterocycles. The first kappa shape index (κ1) is 14.5. The molecule has 3 heteroatoms. The van der Waals surface area contributed by atoms with E-state index >= 15 is 0 Å². The monoisotopic (exact) mass is 292 g/mol. The maximum atomic E-state index is 6.74. The van der Waals surface area contributed by atoms with Gasteiger partial charge in [0.1, 0.15) is 5.01 Å². The van der Waals surface area contributed by atoms with Crippen molar-refractivity contribution in [1.29, 1.82) is 0 Å². The van der Waals surface area contributed by atoms with Crippen molar-refractivity contribution in [2.24, 2.45) is 11.1 Å². The Balaban J connectivity index is 1.75. The molecule has 3 rings (SSSR count). The lowest BCUT2D eigenvalue weighted by Crippen LogP contribution is -2.43. The van der Waals surface area contributed by atoms with Crippen LogP contribution in [0.25, 0.3) is 0 Å². The molecule has 0 aliphatic heterocycles. The van der Waals surface area contributed by atoms with Crippen LogP contribution in [0.5, 0.6) is 0 Å². The first-order chi connectivity index (χ1) is 9.33. The predicted molar refractivity (Wildman–Crippen MR) is 86.0 cm³/mol. The second-order valence-corrected chi connectivity index (χ2v) is 9.01. The Labute approximate surface area is 127 Å². The van der Waals surface area contributed by atoms with E-state index in [9.17, 15) is 0 Å². The number of rotatable bonds is 1. The van der Waals surface area contributed by atoms with Crippen LogP contribution in [-0.4, -0.2) is 4.98 Å². The fraction of sp³-hybridized carbons (Fsp3) is 0.824. The van der Waals surface area contributed by atoms with Crippen LogP contribution in [0, 0.1) is 5.41 Å². The van der Waals surface area contributed by atoms with E-state index in [4.69, 9.17) is 10.7 Å². The van der Waals surface area contributed by atoms with Gasteiger partial charge in [0.15, 0.2) is 0 Å². The second-order valence-electron chi connectivity index (χ2n) is 8.15. The highest BCUT2D eigenvalue weighted by Crippen LogP contribution is 2.53. The van der Waals surface area contributed by atoms with Gasteiger partial charge in [-0.25, -0.2) is 4.98 Å². The Morgan fingerprint density at radius 2 is 1.65 bits per heavy atom. The van der Waals surface area contributed by atoms with E-state index in [-0.39, 0.29) is 11.0 Å². The number of hydrogen-bond donors (Lipinski definition) is 1. The van der Waals surface area contributed by atoms with Gasteiger partial charge in [0.05, 0.1) is 11.2 Å². The molecule has 1 heterocycles. The number of nitrogens with zero attached hydrogens (tertiary/aromatic N) is 1. The lowest BCUT2D eigenvalue weighted by Gasteiger charge is -2.42. The fourth-order valence-electron chi connectivity index (χ4n) is 3.91. The largest absolute Gasteiger partial charge is 0.319 e. The minimum absolute atomic E-state index is 0.131. The fourth-order valence-corrected chi connectivity index (χ4v) is 5.13. The lowest BCUT2D eigenvalue weighted by molar-refractivity contribution is 0.134. The van der Waals surface area contributed by atoms with Gasteiger partial charge in [-0.05, 0) is 43.9 Å². The molecular formula is C17H28N2S. The van der Waals surface area contributed by atoms with E-state index in [1.165, 1.54) is 49.2 Å². The van der Waals surface area contributed by atoms with E-state index < -0.39 is 0 Å². The molecule has 112 valence electrons. The third kappa shape index (κ3) is 2.55. The van der Waals surface area contributed by atoms with Crippen molar-refractivity contribution in [3.63, 3.8) is 0 Å². The Hall–Kier alpha value is -0.410. The zero-order chi connectivity index (χ0) is 14.4. The summed E-state index contributed by atoms with van der Waals surface area (Å²) < 4.78 is 0. The molecule has 0 radical (unpaired) electrons. The van der Waals surface area contributed by atoms with Crippen molar-refractivity contribution in [2.75, 3.05) is 0 Å². The maximum absolute atomic E-state index is 6.74. The van der Waals surface area contributed by atoms with Crippen LogP contribution < -0.4 is 5.73 Å². The number of aromatic nitrogens is 1. The van der Waals surface area contributed by atoms with Gasteiger partial charge in [0, 0.05) is 10.8 Å². The van der Waals surface area contributed by atoms with Crippen LogP contribution in [-0.2, 0) is 11.0 Å². The lowest BCUT2D eigenvalue weighted by atomic mass is 9.67. The first-order valence-electron chi connectivity index (χ1n) is 8.09. The van der Waals surface area contributed by atoms with Crippen molar-refractivity contribution in [3.8, 4) is 0 Å². The molecule has 0 bridgehead atoms. The summed E-state index contributed by atoms with van der Waals surface area (Å²) in [4.78, 5) is 4.89. The predicted octanol–water partition coefficient (Wildman–Crippen LogP) is 4.73. The topological polar surface area (TPSA) is 38.9 Å². The van der Waals surface area contributed by atoms with Crippen LogP contribution in [0.1, 0.15) is 82.8 Å². The average molecular weight is 292 g/mol. The molecule has 2 N–H and O–H groups in total. The summed E-state index contributed by atoms with van der Waals surface area (Å²) in [6.45, 7) is 6.68. The van der Waals surface area contributed by atoms with Crippen molar-refractivity contribution >= 4 is 11.3 Å². The third-order valence-electron chi connectivity index (χ3n) is 5.57. The zero-order valence-electron chi connectivity index (χ0n) is 13.2. The molecular weight excluding hydrogens is 264 g/mol. The SMILES string of the molecule is CC(C)(C)c1csc(C2(N)CCC3(CCCC3)CC2)n1. The summed E-state index contributed by atoms with van der Waals surface area (Å²) >= 11 is 1.78. The summed E-state index contributed by atoms with van der Waals surface area (Å²) in [7, 11) is 0. The van der Waals surface area contributed by atoms with Gasteiger partial charge in [0.25, 0.3) is 0 Å². The Bertz CT molecular complexity index is 467. The molecule has 1 spiro atoms. The van der Waals surface area contributed by atoms with Crippen LogP contribution in [0.15, 0.2) is 5.38 Å². The van der Waals surface area contributed by atoms with E-state index in [0.717, 1.165) is 12.8 Å². The van der Waals surface area contributed by atoms with Gasteiger partial charge in [-0.1, -0.05) is 33.6 Å². The van der Waals surface area contributed by atoms with E-state index in [2.05, 4.69) is 26.2 Å². The number of nitrogens with two attached hydrogens (primary N) is 1. The molecule has 2 fully saturated rings. The Morgan fingerprint density at radius 1 is 1.05 bits per heavy atom. The second kappa shape index (κ2) is 4.81. The smallest absolute Gasteiger partial charge is 0.113 e. The van der Waals surface area contributed by atoms with Crippen molar-refractivity contribution in [1.82, 2.24) is 4.98 Å². The zero-order valence-corrected chi connectivity index (χ0v) is 14.0. The van der Waals surface area contributed by atoms with Crippen LogP contribution in [0.4, 0.5) is 0 Å². The number of hydrogen-bond acceptors (Lipinski definition) is 3. The molecule has 0 unspecified atom stereocenters. The molecule has 0 atom stereocenters. The molecule has 0 aromatic carbocycles. The number of thiazole rings is 1. The Kier molecular flexibility index (Phi) is 3.49. The minimum atomic E-state index is -0.151. The van der Waals surface area contributed by atoms with Crippen LogP contribution in [0.2, 0.25) is 0 Å². The maximum Gasteiger partial charge on any atom is 0.113 e. The first-order valence-corrected chi connectivity index (χ1v) is 8.97. The molecule has 0 amide bonds. The molecule has 20 heavy (non-hydrogen) atoms. The molecule has 2 nitrogen and oxygen atoms in total. The Morgan fingerprint density at radius 3 is 2.15 bits per heavy atom. The van der Waals surface area contributed by atoms with Crippen molar-refractivity contribution in [2.45, 2.75) is 83.1 Å². The van der Waals surface area contributed by atoms with Gasteiger partial charge in [-0.15, -0.1) is 11.3 Å². The standard InChI is InChI=1S/C17H28N2S/c1-15(2,3)13-12-20-14(19-13)17(18)10-8-16(9-11-17)6-4-5-7-16/h12H,4-11,18H2,1-3H3. The summed E-state index contributed by atoms with van der Waals surface area (Å²) in [6.07, 6.45) is 10.6. The van der Waals surface area contributed by atoms with Gasteiger partial charge >= 0.3 is 0 Å².